The molecule has 12 nitrogen and oxygen atoms in total. The summed E-state index contributed by atoms with van der Waals surface area (Å²) < 4.78 is 68.8. The third-order valence-corrected chi connectivity index (χ3v) is 13.7. The van der Waals surface area contributed by atoms with Gasteiger partial charge < -0.3 is 9.05 Å². The van der Waals surface area contributed by atoms with Crippen molar-refractivity contribution >= 4 is 20.0 Å². The SMILES string of the molecule is Cc1ccc(-c2c(C)noc2C)cc1S(=O)(=O)N1CCN(CCN2CCN(S(=O)(=O)c3cc(-c4c(C)noc4C)ccc3C)CC2)CC1. The second-order valence-corrected chi connectivity index (χ2v) is 16.7. The second-order valence-electron chi connectivity index (χ2n) is 12.9. The third-order valence-electron chi connectivity index (χ3n) is 9.65. The number of sulfonamides is 2. The number of nitrogens with zero attached hydrogens (tertiary/aromatic N) is 6. The molecule has 0 unspecified atom stereocenters. The fraction of sp³-hybridized carbons (Fsp3) is 0.471. The predicted molar refractivity (Wildman–Crippen MR) is 183 cm³/mol. The number of aromatic nitrogens is 2. The molecular weight excluding hydrogens is 653 g/mol. The largest absolute Gasteiger partial charge is 0.361 e. The summed E-state index contributed by atoms with van der Waals surface area (Å²) in [6, 6.07) is 11.0. The summed E-state index contributed by atoms with van der Waals surface area (Å²) in [6.45, 7) is 16.8. The van der Waals surface area contributed by atoms with Crippen molar-refractivity contribution in [1.82, 2.24) is 28.7 Å². The van der Waals surface area contributed by atoms with Gasteiger partial charge in [-0.15, -0.1) is 0 Å². The first-order valence-corrected chi connectivity index (χ1v) is 19.2. The maximum atomic E-state index is 13.8. The van der Waals surface area contributed by atoms with Gasteiger partial charge in [-0.1, -0.05) is 34.6 Å². The second kappa shape index (κ2) is 13.5. The normalized spacial score (nSPS) is 17.7. The van der Waals surface area contributed by atoms with Crippen molar-refractivity contribution in [3.05, 3.63) is 70.4 Å². The van der Waals surface area contributed by atoms with E-state index in [4.69, 9.17) is 9.05 Å². The van der Waals surface area contributed by atoms with E-state index in [1.807, 2.05) is 65.8 Å². The first kappa shape index (κ1) is 34.5. The monoisotopic (exact) mass is 696 g/mol. The van der Waals surface area contributed by atoms with Gasteiger partial charge in [-0.3, -0.25) is 9.80 Å². The predicted octanol–water partition coefficient (Wildman–Crippen LogP) is 4.16. The minimum absolute atomic E-state index is 0.312. The highest BCUT2D eigenvalue weighted by Crippen LogP contribution is 2.33. The van der Waals surface area contributed by atoms with Crippen LogP contribution in [0.25, 0.3) is 22.3 Å². The molecule has 0 radical (unpaired) electrons. The van der Waals surface area contributed by atoms with Crippen molar-refractivity contribution in [2.45, 2.75) is 51.3 Å². The van der Waals surface area contributed by atoms with Gasteiger partial charge in [0.1, 0.15) is 11.5 Å². The minimum Gasteiger partial charge on any atom is -0.361 e. The van der Waals surface area contributed by atoms with Gasteiger partial charge in [0.2, 0.25) is 20.0 Å². The molecule has 0 atom stereocenters. The Hall–Kier alpha value is -3.40. The Kier molecular flexibility index (Phi) is 9.68. The van der Waals surface area contributed by atoms with Crippen molar-refractivity contribution in [1.29, 1.82) is 0 Å². The molecule has 2 aromatic heterocycles. The molecule has 0 aliphatic carbocycles. The fourth-order valence-corrected chi connectivity index (χ4v) is 10.2. The summed E-state index contributed by atoms with van der Waals surface area (Å²) in [5, 5.41) is 8.05. The van der Waals surface area contributed by atoms with Gasteiger partial charge in [0.25, 0.3) is 0 Å². The molecular formula is C34H44N6O6S2. The summed E-state index contributed by atoms with van der Waals surface area (Å²) in [6.07, 6.45) is 0. The maximum Gasteiger partial charge on any atom is 0.243 e. The van der Waals surface area contributed by atoms with Crippen molar-refractivity contribution in [3.63, 3.8) is 0 Å². The summed E-state index contributed by atoms with van der Waals surface area (Å²) in [5.74, 6) is 1.32. The molecule has 2 aromatic carbocycles. The van der Waals surface area contributed by atoms with E-state index in [1.54, 1.807) is 20.7 Å². The van der Waals surface area contributed by atoms with Gasteiger partial charge in [0.15, 0.2) is 0 Å². The Bertz CT molecular complexity index is 1840. The van der Waals surface area contributed by atoms with E-state index in [0.717, 1.165) is 46.7 Å². The molecule has 0 amide bonds. The molecule has 2 aliphatic rings. The van der Waals surface area contributed by atoms with Crippen molar-refractivity contribution in [2.24, 2.45) is 0 Å². The molecule has 14 heteroatoms. The Morgan fingerprint density at radius 1 is 0.562 bits per heavy atom. The Balaban J connectivity index is 1.03. The topological polar surface area (TPSA) is 133 Å². The minimum atomic E-state index is -3.68. The molecule has 0 bridgehead atoms. The van der Waals surface area contributed by atoms with Crippen LogP contribution in [0.1, 0.15) is 34.0 Å². The molecule has 4 heterocycles. The molecule has 0 N–H and O–H groups in total. The quantitative estimate of drug-likeness (QED) is 0.251. The van der Waals surface area contributed by atoms with Crippen LogP contribution in [0.15, 0.2) is 55.2 Å². The zero-order chi connectivity index (χ0) is 34.4. The number of rotatable bonds is 9. The van der Waals surface area contributed by atoms with Gasteiger partial charge in [-0.05, 0) is 75.9 Å². The lowest BCUT2D eigenvalue weighted by atomic mass is 10.0. The first-order valence-electron chi connectivity index (χ1n) is 16.3. The van der Waals surface area contributed by atoms with Crippen LogP contribution < -0.4 is 0 Å². The summed E-state index contributed by atoms with van der Waals surface area (Å²) >= 11 is 0. The average Bonchev–Trinajstić information content (AvgIpc) is 3.59. The highest BCUT2D eigenvalue weighted by atomic mass is 32.2. The molecule has 6 rings (SSSR count). The van der Waals surface area contributed by atoms with Crippen LogP contribution in [0.4, 0.5) is 0 Å². The number of benzene rings is 2. The van der Waals surface area contributed by atoms with Crippen LogP contribution >= 0.6 is 0 Å². The standard InChI is InChI=1S/C34H44N6O6S2/c1-23-7-9-29(33-25(3)35-45-27(33)5)21-31(23)47(41,42)39-17-13-37(14-18-39)11-12-38-15-19-40(20-16-38)48(43,44)32-22-30(10-8-24(32)2)34-26(4)36-46-28(34)6/h7-10,21-22H,11-20H2,1-6H3. The third kappa shape index (κ3) is 6.61. The lowest BCUT2D eigenvalue weighted by molar-refractivity contribution is 0.137. The highest BCUT2D eigenvalue weighted by molar-refractivity contribution is 7.89. The number of hydrogen-bond acceptors (Lipinski definition) is 10. The van der Waals surface area contributed by atoms with E-state index in [-0.39, 0.29) is 0 Å². The number of piperazine rings is 2. The van der Waals surface area contributed by atoms with Crippen LogP contribution in [0.5, 0.6) is 0 Å². The average molecular weight is 697 g/mol. The van der Waals surface area contributed by atoms with Gasteiger partial charge in [-0.2, -0.15) is 8.61 Å². The van der Waals surface area contributed by atoms with E-state index < -0.39 is 20.0 Å². The van der Waals surface area contributed by atoms with Gasteiger partial charge in [-0.25, -0.2) is 16.8 Å². The van der Waals surface area contributed by atoms with Crippen LogP contribution in [0.2, 0.25) is 0 Å². The van der Waals surface area contributed by atoms with Crippen molar-refractivity contribution in [2.75, 3.05) is 65.4 Å². The molecule has 0 spiro atoms. The smallest absolute Gasteiger partial charge is 0.243 e. The van der Waals surface area contributed by atoms with E-state index in [1.165, 1.54) is 0 Å². The zero-order valence-electron chi connectivity index (χ0n) is 28.5. The van der Waals surface area contributed by atoms with Gasteiger partial charge in [0, 0.05) is 76.6 Å². The van der Waals surface area contributed by atoms with Crippen LogP contribution in [0.3, 0.4) is 0 Å². The van der Waals surface area contributed by atoms with Gasteiger partial charge >= 0.3 is 0 Å². The van der Waals surface area contributed by atoms with E-state index >= 15 is 0 Å². The first-order chi connectivity index (χ1) is 22.8. The molecule has 4 aromatic rings. The van der Waals surface area contributed by atoms with Crippen molar-refractivity contribution < 1.29 is 25.9 Å². The fourth-order valence-electron chi connectivity index (χ4n) is 6.81. The Morgan fingerprint density at radius 2 is 0.917 bits per heavy atom. The lowest BCUT2D eigenvalue weighted by Crippen LogP contribution is -2.53. The number of aryl methyl sites for hydroxylation is 6. The molecule has 2 fully saturated rings. The molecule has 0 saturated carbocycles. The molecule has 2 aliphatic heterocycles. The van der Waals surface area contributed by atoms with E-state index in [2.05, 4.69) is 20.1 Å². The zero-order valence-corrected chi connectivity index (χ0v) is 30.1. The van der Waals surface area contributed by atoms with Gasteiger partial charge in [0.05, 0.1) is 21.2 Å². The van der Waals surface area contributed by atoms with Crippen LogP contribution in [0, 0.1) is 41.5 Å². The van der Waals surface area contributed by atoms with Crippen LogP contribution in [-0.2, 0) is 20.0 Å². The molecule has 48 heavy (non-hydrogen) atoms. The maximum absolute atomic E-state index is 13.8. The number of hydrogen-bond donors (Lipinski definition) is 0. The summed E-state index contributed by atoms with van der Waals surface area (Å²) in [4.78, 5) is 5.19. The molecule has 258 valence electrons. The van der Waals surface area contributed by atoms with E-state index in [9.17, 15) is 16.8 Å². The van der Waals surface area contributed by atoms with E-state index in [0.29, 0.717) is 84.8 Å². The van der Waals surface area contributed by atoms with Crippen molar-refractivity contribution in [3.8, 4) is 22.3 Å². The molecule has 2 saturated heterocycles. The highest BCUT2D eigenvalue weighted by Gasteiger charge is 2.32. The Labute approximate surface area is 283 Å². The summed E-state index contributed by atoms with van der Waals surface area (Å²) in [5.41, 5.74) is 6.08. The summed E-state index contributed by atoms with van der Waals surface area (Å²) in [7, 11) is -7.36. The van der Waals surface area contributed by atoms with Crippen LogP contribution in [-0.4, -0.2) is 111 Å². The Morgan fingerprint density at radius 3 is 1.23 bits per heavy atom. The lowest BCUT2D eigenvalue weighted by Gasteiger charge is -2.37.